The van der Waals surface area contributed by atoms with Crippen LogP contribution in [0, 0.1) is 11.5 Å². The van der Waals surface area contributed by atoms with E-state index < -0.39 is 63.3 Å². The predicted molar refractivity (Wildman–Crippen MR) is 140 cm³/mol. The van der Waals surface area contributed by atoms with Crippen LogP contribution in [-0.2, 0) is 21.5 Å². The molecular weight excluding hydrogens is 591 g/mol. The van der Waals surface area contributed by atoms with Crippen molar-refractivity contribution in [2.24, 2.45) is 0 Å². The fourth-order valence-electron chi connectivity index (χ4n) is 6.20. The molecule has 2 fully saturated rings. The normalized spacial score (nSPS) is 25.6. The molecule has 7 nitrogen and oxygen atoms in total. The minimum Gasteiger partial charge on any atom is -0.351 e. The Morgan fingerprint density at radius 2 is 1.69 bits per heavy atom. The molecule has 228 valence electrons. The number of hydrogen-bond donors (Lipinski definition) is 1. The number of nitrogens with zero attached hydrogens (tertiary/aromatic N) is 4. The first-order valence-corrected chi connectivity index (χ1v) is 15.4. The topological polar surface area (TPSA) is 89.3 Å². The summed E-state index contributed by atoms with van der Waals surface area (Å²) in [6.07, 6.45) is 4.64. The van der Waals surface area contributed by atoms with E-state index >= 15 is 0 Å². The summed E-state index contributed by atoms with van der Waals surface area (Å²) in [6.45, 7) is 0.234. The van der Waals surface area contributed by atoms with Gasteiger partial charge in [0.15, 0.2) is 11.7 Å². The number of aryl methyl sites for hydroxylation is 1. The molecule has 1 aromatic carbocycles. The van der Waals surface area contributed by atoms with Crippen molar-refractivity contribution in [1.82, 2.24) is 15.2 Å². The number of carbonyl (C=O) groups is 2. The van der Waals surface area contributed by atoms with E-state index in [1.165, 1.54) is 17.3 Å². The van der Waals surface area contributed by atoms with Gasteiger partial charge in [-0.05, 0) is 74.4 Å². The van der Waals surface area contributed by atoms with Crippen LogP contribution in [0.4, 0.5) is 33.9 Å². The molecule has 0 bridgehead atoms. The van der Waals surface area contributed by atoms with E-state index in [0.717, 1.165) is 4.90 Å². The molecule has 15 heteroatoms. The number of benzene rings is 1. The first-order valence-electron chi connectivity index (χ1n) is 13.4. The van der Waals surface area contributed by atoms with Gasteiger partial charge in [0.25, 0.3) is 11.8 Å². The molecule has 2 atom stereocenters. The second-order valence-electron chi connectivity index (χ2n) is 11.1. The molecule has 3 aliphatic rings. The van der Waals surface area contributed by atoms with Gasteiger partial charge in [0, 0.05) is 49.1 Å². The van der Waals surface area contributed by atoms with Crippen LogP contribution in [0.1, 0.15) is 56.1 Å². The number of fused-ring (bicyclic) bond motifs is 1. The zero-order valence-corrected chi connectivity index (χ0v) is 23.0. The largest absolute Gasteiger partial charge is 0.351 e. The molecule has 1 unspecified atom stereocenters. The molecule has 2 aliphatic carbocycles. The highest BCUT2D eigenvalue weighted by molar-refractivity contribution is 8.45. The molecule has 1 aliphatic heterocycles. The average Bonchev–Trinajstić information content (AvgIpc) is 3.55. The highest BCUT2D eigenvalue weighted by atomic mass is 32.5. The van der Waals surface area contributed by atoms with E-state index in [2.05, 4.69) is 10.3 Å². The standard InChI is InChI=1S/C27H28F7N5O2S/c28-26(29)11-8-19(9-12-26)37-25(41)27(13-7-18-10-14-36-16-22(18)27)39(24(40)23-2-1-15-38(23)17-35)20-3-5-21(6-4-20)42(30,31,32,33)34/h3-6,10,14,16,19,23H,1-2,7-9,11-13,15H2,(H,37,41)/t23-,27?/m1/s1. The highest BCUT2D eigenvalue weighted by Gasteiger charge is 2.65. The lowest BCUT2D eigenvalue weighted by molar-refractivity contribution is -0.133. The number of pyridine rings is 1. The van der Waals surface area contributed by atoms with Crippen LogP contribution in [0.5, 0.6) is 0 Å². The summed E-state index contributed by atoms with van der Waals surface area (Å²) in [7, 11) is -10.1. The van der Waals surface area contributed by atoms with Crippen LogP contribution < -0.4 is 10.2 Å². The number of halogens is 7. The van der Waals surface area contributed by atoms with Crippen LogP contribution in [0.25, 0.3) is 0 Å². The van der Waals surface area contributed by atoms with Crippen LogP contribution in [0.15, 0.2) is 47.6 Å². The van der Waals surface area contributed by atoms with Gasteiger partial charge in [-0.15, -0.1) is 0 Å². The maximum atomic E-state index is 14.3. The van der Waals surface area contributed by atoms with Crippen molar-refractivity contribution >= 4 is 27.7 Å². The lowest BCUT2D eigenvalue weighted by Gasteiger charge is -2.44. The van der Waals surface area contributed by atoms with E-state index in [4.69, 9.17) is 0 Å². The second-order valence-corrected chi connectivity index (χ2v) is 13.5. The van der Waals surface area contributed by atoms with Gasteiger partial charge in [-0.3, -0.25) is 24.4 Å². The summed E-state index contributed by atoms with van der Waals surface area (Å²) in [5, 5.41) is 12.4. The molecule has 2 amide bonds. The number of anilines is 1. The lowest BCUT2D eigenvalue weighted by Crippen LogP contribution is -2.62. The zero-order chi connectivity index (χ0) is 30.6. The molecule has 2 aromatic rings. The van der Waals surface area contributed by atoms with E-state index in [1.807, 2.05) is 6.19 Å². The van der Waals surface area contributed by atoms with Crippen molar-refractivity contribution in [2.45, 2.75) is 79.8 Å². The number of likely N-dealkylation sites (tertiary alicyclic amines) is 1. The van der Waals surface area contributed by atoms with Gasteiger partial charge < -0.3 is 5.32 Å². The molecule has 5 rings (SSSR count). The third kappa shape index (κ3) is 5.48. The second kappa shape index (κ2) is 9.48. The zero-order valence-electron chi connectivity index (χ0n) is 22.2. The summed E-state index contributed by atoms with van der Waals surface area (Å²) in [5.74, 6) is -4.41. The van der Waals surface area contributed by atoms with Gasteiger partial charge in [0.1, 0.15) is 10.9 Å². The average molecular weight is 620 g/mol. The minimum atomic E-state index is -10.1. The SMILES string of the molecule is N#CN1CCC[C@@H]1C(=O)N(c1ccc(S(F)(F)(F)(F)F)cc1)C1(C(=O)NC2CCC(F)(F)CC2)CCc2ccncc21. The third-order valence-corrected chi connectivity index (χ3v) is 9.51. The van der Waals surface area contributed by atoms with Gasteiger partial charge in [0.05, 0.1) is 0 Å². The number of amides is 2. The summed E-state index contributed by atoms with van der Waals surface area (Å²) < 4.78 is 95.4. The summed E-state index contributed by atoms with van der Waals surface area (Å²) in [6, 6.07) is 1.66. The van der Waals surface area contributed by atoms with Gasteiger partial charge in [-0.2, -0.15) is 5.26 Å². The van der Waals surface area contributed by atoms with E-state index in [0.29, 0.717) is 24.1 Å². The van der Waals surface area contributed by atoms with Crippen molar-refractivity contribution in [2.75, 3.05) is 11.4 Å². The Balaban J connectivity index is 1.64. The Bertz CT molecular complexity index is 1440. The molecule has 1 saturated carbocycles. The van der Waals surface area contributed by atoms with Crippen molar-refractivity contribution in [3.05, 3.63) is 53.9 Å². The first-order chi connectivity index (χ1) is 19.4. The smallest absolute Gasteiger partial charge is 0.310 e. The summed E-state index contributed by atoms with van der Waals surface area (Å²) in [4.78, 5) is 32.7. The number of nitrogens with one attached hydrogen (secondary N) is 1. The molecular formula is C27H28F7N5O2S. The Morgan fingerprint density at radius 3 is 2.31 bits per heavy atom. The Hall–Kier alpha value is -3.54. The molecule has 0 radical (unpaired) electrons. The minimum absolute atomic E-state index is 0.0356. The lowest BCUT2D eigenvalue weighted by atomic mass is 9.86. The Labute approximate surface area is 237 Å². The number of nitriles is 1. The van der Waals surface area contributed by atoms with Gasteiger partial charge in [0.2, 0.25) is 5.92 Å². The fourth-order valence-corrected chi connectivity index (χ4v) is 6.85. The molecule has 1 aromatic heterocycles. The summed E-state index contributed by atoms with van der Waals surface area (Å²) >= 11 is 0. The van der Waals surface area contributed by atoms with Gasteiger partial charge in [-0.25, -0.2) is 8.78 Å². The third-order valence-electron chi connectivity index (χ3n) is 8.35. The maximum Gasteiger partial charge on any atom is 0.310 e. The van der Waals surface area contributed by atoms with Crippen molar-refractivity contribution in [3.8, 4) is 6.19 Å². The summed E-state index contributed by atoms with van der Waals surface area (Å²) in [5.41, 5.74) is -1.27. The molecule has 2 heterocycles. The first kappa shape index (κ1) is 29.9. The van der Waals surface area contributed by atoms with E-state index in [-0.39, 0.29) is 62.0 Å². The molecule has 0 spiro atoms. The quantitative estimate of drug-likeness (QED) is 0.293. The van der Waals surface area contributed by atoms with Gasteiger partial charge in [-0.1, -0.05) is 19.4 Å². The van der Waals surface area contributed by atoms with Crippen molar-refractivity contribution < 1.29 is 37.8 Å². The van der Waals surface area contributed by atoms with Crippen LogP contribution in [0.3, 0.4) is 0 Å². The van der Waals surface area contributed by atoms with E-state index in [9.17, 15) is 43.1 Å². The molecule has 1 N–H and O–H groups in total. The number of aromatic nitrogens is 1. The number of alkyl halides is 2. The Morgan fingerprint density at radius 1 is 1.02 bits per heavy atom. The maximum absolute atomic E-state index is 14.3. The monoisotopic (exact) mass is 619 g/mol. The number of rotatable bonds is 6. The van der Waals surface area contributed by atoms with Crippen molar-refractivity contribution in [3.63, 3.8) is 0 Å². The molecule has 42 heavy (non-hydrogen) atoms. The van der Waals surface area contributed by atoms with Crippen LogP contribution in [0.2, 0.25) is 0 Å². The van der Waals surface area contributed by atoms with Crippen LogP contribution in [-0.4, -0.2) is 46.2 Å². The number of hydrogen-bond acceptors (Lipinski definition) is 5. The van der Waals surface area contributed by atoms with Gasteiger partial charge >= 0.3 is 10.2 Å². The predicted octanol–water partition coefficient (Wildman–Crippen LogP) is 6.55. The Kier molecular flexibility index (Phi) is 6.76. The fraction of sp³-hybridized carbons (Fsp3) is 0.481. The van der Waals surface area contributed by atoms with E-state index in [1.54, 1.807) is 6.07 Å². The van der Waals surface area contributed by atoms with Crippen LogP contribution >= 0.6 is 10.2 Å². The highest BCUT2D eigenvalue weighted by Crippen LogP contribution is 3.02. The number of carbonyl (C=O) groups excluding carboxylic acids is 2. The molecule has 1 saturated heterocycles. The van der Waals surface area contributed by atoms with Crippen molar-refractivity contribution in [1.29, 1.82) is 5.26 Å².